The molecular formula is C22H22N4O2. The number of aromatic nitrogens is 4. The third-order valence-corrected chi connectivity index (χ3v) is 4.98. The summed E-state index contributed by atoms with van der Waals surface area (Å²) in [5.74, 6) is 1.40. The van der Waals surface area contributed by atoms with Gasteiger partial charge in [0.15, 0.2) is 0 Å². The van der Waals surface area contributed by atoms with Crippen molar-refractivity contribution in [1.82, 2.24) is 20.2 Å². The third kappa shape index (κ3) is 3.71. The summed E-state index contributed by atoms with van der Waals surface area (Å²) in [5.41, 5.74) is 4.80. The Labute approximate surface area is 164 Å². The Morgan fingerprint density at radius 3 is 2.64 bits per heavy atom. The Kier molecular flexibility index (Phi) is 5.02. The van der Waals surface area contributed by atoms with Crippen LogP contribution in [0, 0.1) is 12.8 Å². The fourth-order valence-electron chi connectivity index (χ4n) is 3.34. The molecule has 2 heterocycles. The minimum absolute atomic E-state index is 0.259. The first kappa shape index (κ1) is 18.1. The first-order valence-electron chi connectivity index (χ1n) is 9.22. The average Bonchev–Trinajstić information content (AvgIpc) is 3.52. The van der Waals surface area contributed by atoms with Gasteiger partial charge in [-0.3, -0.25) is 0 Å². The van der Waals surface area contributed by atoms with Gasteiger partial charge in [-0.1, -0.05) is 42.5 Å². The van der Waals surface area contributed by atoms with E-state index >= 15 is 0 Å². The highest BCUT2D eigenvalue weighted by atomic mass is 16.5. The smallest absolute Gasteiger partial charge is 0.319 e. The van der Waals surface area contributed by atoms with Gasteiger partial charge in [-0.15, -0.1) is 5.10 Å². The van der Waals surface area contributed by atoms with Gasteiger partial charge in [0, 0.05) is 6.20 Å². The fraction of sp³-hybridized carbons (Fsp3) is 0.273. The summed E-state index contributed by atoms with van der Waals surface area (Å²) < 4.78 is 10.5. The van der Waals surface area contributed by atoms with Crippen LogP contribution in [0.15, 0.2) is 48.7 Å². The van der Waals surface area contributed by atoms with Gasteiger partial charge in [0.05, 0.1) is 25.5 Å². The van der Waals surface area contributed by atoms with E-state index in [1.807, 2.05) is 13.0 Å². The van der Waals surface area contributed by atoms with E-state index in [0.717, 1.165) is 12.1 Å². The van der Waals surface area contributed by atoms with Crippen molar-refractivity contribution in [1.29, 1.82) is 0 Å². The van der Waals surface area contributed by atoms with Gasteiger partial charge in [0.1, 0.15) is 5.69 Å². The molecule has 0 saturated heterocycles. The molecule has 142 valence electrons. The summed E-state index contributed by atoms with van der Waals surface area (Å²) in [6.07, 6.45) is 7.26. The molecule has 0 spiro atoms. The molecule has 6 nitrogen and oxygen atoms in total. The van der Waals surface area contributed by atoms with Crippen molar-refractivity contribution < 1.29 is 9.47 Å². The van der Waals surface area contributed by atoms with Crippen LogP contribution in [0.4, 0.5) is 0 Å². The summed E-state index contributed by atoms with van der Waals surface area (Å²) in [6.45, 7) is 2.00. The van der Waals surface area contributed by atoms with E-state index in [-0.39, 0.29) is 6.01 Å². The number of nitrogens with zero attached hydrogens (tertiary/aromatic N) is 4. The van der Waals surface area contributed by atoms with Crippen molar-refractivity contribution in [3.63, 3.8) is 0 Å². The lowest BCUT2D eigenvalue weighted by Crippen LogP contribution is -2.01. The van der Waals surface area contributed by atoms with Crippen molar-refractivity contribution in [2.45, 2.75) is 19.3 Å². The van der Waals surface area contributed by atoms with Crippen molar-refractivity contribution in [2.75, 3.05) is 14.2 Å². The zero-order valence-corrected chi connectivity index (χ0v) is 16.2. The molecule has 0 bridgehead atoms. The maximum atomic E-state index is 5.39. The lowest BCUT2D eigenvalue weighted by Gasteiger charge is -2.10. The Morgan fingerprint density at radius 1 is 1.07 bits per heavy atom. The molecule has 0 N–H and O–H groups in total. The summed E-state index contributed by atoms with van der Waals surface area (Å²) in [7, 11) is 3.09. The van der Waals surface area contributed by atoms with Crippen LogP contribution in [-0.4, -0.2) is 34.4 Å². The highest BCUT2D eigenvalue weighted by Crippen LogP contribution is 2.50. The number of rotatable bonds is 6. The van der Waals surface area contributed by atoms with E-state index in [1.165, 1.54) is 18.2 Å². The van der Waals surface area contributed by atoms with E-state index in [1.54, 1.807) is 13.3 Å². The quantitative estimate of drug-likeness (QED) is 0.648. The number of hydrogen-bond acceptors (Lipinski definition) is 6. The van der Waals surface area contributed by atoms with E-state index in [0.29, 0.717) is 29.0 Å². The van der Waals surface area contributed by atoms with Crippen LogP contribution in [0.25, 0.3) is 17.3 Å². The lowest BCUT2D eigenvalue weighted by molar-refractivity contribution is 0.353. The number of benzene rings is 1. The molecule has 1 fully saturated rings. The Balaban J connectivity index is 1.58. The molecule has 1 aromatic carbocycles. The molecule has 1 aliphatic carbocycles. The highest BCUT2D eigenvalue weighted by molar-refractivity contribution is 5.65. The Hall–Kier alpha value is -3.28. The van der Waals surface area contributed by atoms with Gasteiger partial charge in [-0.2, -0.15) is 10.1 Å². The van der Waals surface area contributed by atoms with Gasteiger partial charge in [-0.25, -0.2) is 4.98 Å². The second-order valence-electron chi connectivity index (χ2n) is 6.83. The first-order valence-corrected chi connectivity index (χ1v) is 9.22. The maximum Gasteiger partial charge on any atom is 0.319 e. The molecule has 0 radical (unpaired) electrons. The van der Waals surface area contributed by atoms with Gasteiger partial charge in [-0.05, 0) is 42.4 Å². The van der Waals surface area contributed by atoms with E-state index in [4.69, 9.17) is 9.47 Å². The molecule has 1 aliphatic rings. The zero-order chi connectivity index (χ0) is 19.5. The maximum absolute atomic E-state index is 5.39. The van der Waals surface area contributed by atoms with Crippen LogP contribution in [-0.2, 0) is 0 Å². The van der Waals surface area contributed by atoms with Crippen LogP contribution in [0.1, 0.15) is 29.2 Å². The van der Waals surface area contributed by atoms with Crippen LogP contribution in [0.5, 0.6) is 11.9 Å². The van der Waals surface area contributed by atoms with Crippen molar-refractivity contribution in [2.24, 2.45) is 5.92 Å². The van der Waals surface area contributed by atoms with E-state index < -0.39 is 0 Å². The number of allylic oxidation sites excluding steroid dienone is 1. The molecule has 2 aromatic heterocycles. The topological polar surface area (TPSA) is 70.0 Å². The number of methoxy groups -OCH3 is 2. The number of hydrogen-bond donors (Lipinski definition) is 0. The van der Waals surface area contributed by atoms with Crippen molar-refractivity contribution >= 4 is 6.08 Å². The number of aryl methyl sites for hydroxylation is 1. The Bertz CT molecular complexity index is 1000. The van der Waals surface area contributed by atoms with Gasteiger partial charge in [0.2, 0.25) is 5.88 Å². The summed E-state index contributed by atoms with van der Waals surface area (Å²) >= 11 is 0. The standard InChI is InChI=1S/C22H22N4O2/c1-14-17(18-11-16(18)10-9-15-7-5-4-6-8-15)12-20(26-25-14)19-13-23-22(28-3)24-21(19)27-2/h4-10,12-13,16,18H,11H2,1-3H3/b10-9+/t16-,18-/m0/s1. The summed E-state index contributed by atoms with van der Waals surface area (Å²) in [6, 6.07) is 12.7. The predicted octanol–water partition coefficient (Wildman–Crippen LogP) is 4.08. The lowest BCUT2D eigenvalue weighted by atomic mass is 10.0. The minimum atomic E-state index is 0.259. The van der Waals surface area contributed by atoms with Crippen LogP contribution in [0.3, 0.4) is 0 Å². The van der Waals surface area contributed by atoms with Crippen LogP contribution >= 0.6 is 0 Å². The Morgan fingerprint density at radius 2 is 1.89 bits per heavy atom. The molecule has 0 unspecified atom stereocenters. The SMILES string of the molecule is COc1ncc(-c2cc([C@H]3C[C@@H]3/C=C/c3ccccc3)c(C)nn2)c(OC)n1. The highest BCUT2D eigenvalue weighted by Gasteiger charge is 2.37. The molecule has 0 amide bonds. The van der Waals surface area contributed by atoms with Crippen LogP contribution < -0.4 is 9.47 Å². The van der Waals surface area contributed by atoms with Gasteiger partial charge >= 0.3 is 6.01 Å². The normalized spacial score (nSPS) is 18.2. The second kappa shape index (κ2) is 7.76. The minimum Gasteiger partial charge on any atom is -0.480 e. The molecular weight excluding hydrogens is 352 g/mol. The number of ether oxygens (including phenoxy) is 2. The van der Waals surface area contributed by atoms with Gasteiger partial charge in [0.25, 0.3) is 0 Å². The molecule has 2 atom stereocenters. The van der Waals surface area contributed by atoms with E-state index in [2.05, 4.69) is 62.6 Å². The van der Waals surface area contributed by atoms with Gasteiger partial charge < -0.3 is 9.47 Å². The van der Waals surface area contributed by atoms with E-state index in [9.17, 15) is 0 Å². The van der Waals surface area contributed by atoms with Crippen molar-refractivity contribution in [3.8, 4) is 23.1 Å². The second-order valence-corrected chi connectivity index (χ2v) is 6.83. The monoisotopic (exact) mass is 374 g/mol. The predicted molar refractivity (Wildman–Crippen MR) is 107 cm³/mol. The summed E-state index contributed by atoms with van der Waals surface area (Å²) in [5, 5.41) is 8.70. The first-order chi connectivity index (χ1) is 13.7. The molecule has 4 rings (SSSR count). The van der Waals surface area contributed by atoms with Crippen molar-refractivity contribution in [3.05, 3.63) is 65.5 Å². The zero-order valence-electron chi connectivity index (χ0n) is 16.2. The largest absolute Gasteiger partial charge is 0.480 e. The summed E-state index contributed by atoms with van der Waals surface area (Å²) in [4.78, 5) is 8.42. The molecule has 6 heteroatoms. The molecule has 28 heavy (non-hydrogen) atoms. The average molecular weight is 374 g/mol. The third-order valence-electron chi connectivity index (χ3n) is 4.98. The molecule has 1 saturated carbocycles. The molecule has 3 aromatic rings. The molecule has 0 aliphatic heterocycles. The fourth-order valence-corrected chi connectivity index (χ4v) is 3.34. The van der Waals surface area contributed by atoms with Crippen LogP contribution in [0.2, 0.25) is 0 Å².